The molecule has 3 N–H and O–H groups in total. The SMILES string of the molecule is O=C(N/N=C\c1cc(Br)ccc1OCc1c(F)cccc1Cl)c1cc(O)cc(O)c1. The predicted molar refractivity (Wildman–Crippen MR) is 115 cm³/mol. The summed E-state index contributed by atoms with van der Waals surface area (Å²) < 4.78 is 20.4. The van der Waals surface area contributed by atoms with Gasteiger partial charge in [-0.05, 0) is 42.5 Å². The van der Waals surface area contributed by atoms with Gasteiger partial charge in [-0.2, -0.15) is 5.10 Å². The fraction of sp³-hybridized carbons (Fsp3) is 0.0476. The van der Waals surface area contributed by atoms with Gasteiger partial charge in [0.05, 0.1) is 11.2 Å². The van der Waals surface area contributed by atoms with E-state index in [9.17, 15) is 19.4 Å². The Morgan fingerprint density at radius 2 is 1.90 bits per heavy atom. The number of ether oxygens (including phenoxy) is 1. The van der Waals surface area contributed by atoms with Gasteiger partial charge in [-0.3, -0.25) is 4.79 Å². The fourth-order valence-corrected chi connectivity index (χ4v) is 3.12. The fourth-order valence-electron chi connectivity index (χ4n) is 2.52. The third-order valence-electron chi connectivity index (χ3n) is 3.94. The number of nitrogens with zero attached hydrogens (tertiary/aromatic N) is 1. The van der Waals surface area contributed by atoms with Gasteiger partial charge in [-0.15, -0.1) is 0 Å². The maximum Gasteiger partial charge on any atom is 0.271 e. The Kier molecular flexibility index (Phi) is 6.91. The number of rotatable bonds is 6. The lowest BCUT2D eigenvalue weighted by atomic mass is 10.2. The number of benzene rings is 3. The maximum atomic E-state index is 13.9. The number of aromatic hydroxyl groups is 2. The minimum atomic E-state index is -0.631. The molecule has 30 heavy (non-hydrogen) atoms. The Bertz CT molecular complexity index is 1080. The van der Waals surface area contributed by atoms with Crippen molar-refractivity contribution >= 4 is 39.7 Å². The first-order valence-corrected chi connectivity index (χ1v) is 9.72. The second kappa shape index (κ2) is 9.60. The quantitative estimate of drug-likeness (QED) is 0.333. The van der Waals surface area contributed by atoms with Crippen LogP contribution in [0.4, 0.5) is 4.39 Å². The summed E-state index contributed by atoms with van der Waals surface area (Å²) >= 11 is 9.37. The van der Waals surface area contributed by atoms with Gasteiger partial charge in [0.1, 0.15) is 29.7 Å². The molecular formula is C21H15BrClFN2O4. The molecule has 0 aliphatic heterocycles. The van der Waals surface area contributed by atoms with Crippen LogP contribution >= 0.6 is 27.5 Å². The molecule has 0 radical (unpaired) electrons. The highest BCUT2D eigenvalue weighted by atomic mass is 79.9. The van der Waals surface area contributed by atoms with E-state index in [1.54, 1.807) is 24.3 Å². The summed E-state index contributed by atoms with van der Waals surface area (Å²) in [5.41, 5.74) is 3.06. The number of carbonyl (C=O) groups excluding carboxylic acids is 1. The zero-order valence-electron chi connectivity index (χ0n) is 15.3. The lowest BCUT2D eigenvalue weighted by Gasteiger charge is -2.11. The zero-order chi connectivity index (χ0) is 21.7. The van der Waals surface area contributed by atoms with E-state index in [1.807, 2.05) is 0 Å². The predicted octanol–water partition coefficient (Wildman–Crippen LogP) is 5.00. The van der Waals surface area contributed by atoms with Crippen LogP contribution in [0.5, 0.6) is 17.2 Å². The first kappa shape index (κ1) is 21.6. The molecule has 6 nitrogen and oxygen atoms in total. The highest BCUT2D eigenvalue weighted by Crippen LogP contribution is 2.25. The first-order valence-electron chi connectivity index (χ1n) is 8.55. The molecule has 0 aliphatic rings. The largest absolute Gasteiger partial charge is 0.508 e. The molecule has 3 aromatic rings. The number of amides is 1. The van der Waals surface area contributed by atoms with Gasteiger partial charge in [-0.25, -0.2) is 9.82 Å². The second-order valence-corrected chi connectivity index (χ2v) is 7.43. The second-order valence-electron chi connectivity index (χ2n) is 6.11. The molecule has 1 amide bonds. The standard InChI is InChI=1S/C21H15BrClFN2O4/c22-14-4-5-20(30-11-17-18(23)2-1-3-19(17)24)13(6-14)10-25-26-21(29)12-7-15(27)9-16(28)8-12/h1-10,27-28H,11H2,(H,26,29)/b25-10-. The zero-order valence-corrected chi connectivity index (χ0v) is 17.6. The number of halogens is 3. The van der Waals surface area contributed by atoms with Crippen LogP contribution in [0.25, 0.3) is 0 Å². The van der Waals surface area contributed by atoms with Crippen LogP contribution in [0.3, 0.4) is 0 Å². The van der Waals surface area contributed by atoms with Crippen LogP contribution < -0.4 is 10.2 Å². The molecule has 0 unspecified atom stereocenters. The number of hydrazone groups is 1. The third-order valence-corrected chi connectivity index (χ3v) is 4.79. The number of nitrogens with one attached hydrogen (secondary N) is 1. The van der Waals surface area contributed by atoms with Gasteiger partial charge in [0.2, 0.25) is 0 Å². The molecule has 0 atom stereocenters. The summed E-state index contributed by atoms with van der Waals surface area (Å²) in [4.78, 5) is 12.1. The number of hydrogen-bond donors (Lipinski definition) is 3. The van der Waals surface area contributed by atoms with Crippen molar-refractivity contribution in [2.75, 3.05) is 0 Å². The summed E-state index contributed by atoms with van der Waals surface area (Å²) in [5, 5.41) is 23.1. The molecule has 3 aromatic carbocycles. The Labute approximate surface area is 184 Å². The number of phenols is 2. The molecular weight excluding hydrogens is 479 g/mol. The summed E-state index contributed by atoms with van der Waals surface area (Å²) in [6, 6.07) is 13.0. The highest BCUT2D eigenvalue weighted by Gasteiger charge is 2.11. The molecule has 3 rings (SSSR count). The van der Waals surface area contributed by atoms with Gasteiger partial charge < -0.3 is 14.9 Å². The van der Waals surface area contributed by atoms with E-state index in [0.717, 1.165) is 10.5 Å². The van der Waals surface area contributed by atoms with Crippen LogP contribution in [0.2, 0.25) is 5.02 Å². The van der Waals surface area contributed by atoms with Crippen molar-refractivity contribution in [3.8, 4) is 17.2 Å². The lowest BCUT2D eigenvalue weighted by Crippen LogP contribution is -2.17. The van der Waals surface area contributed by atoms with Crippen molar-refractivity contribution < 1.29 is 24.1 Å². The van der Waals surface area contributed by atoms with Gasteiger partial charge in [0.15, 0.2) is 0 Å². The van der Waals surface area contributed by atoms with E-state index in [1.165, 1.54) is 30.5 Å². The van der Waals surface area contributed by atoms with Crippen LogP contribution in [-0.2, 0) is 6.61 Å². The van der Waals surface area contributed by atoms with Crippen LogP contribution in [0.1, 0.15) is 21.5 Å². The highest BCUT2D eigenvalue weighted by molar-refractivity contribution is 9.10. The summed E-state index contributed by atoms with van der Waals surface area (Å²) in [7, 11) is 0. The van der Waals surface area contributed by atoms with Crippen molar-refractivity contribution in [3.63, 3.8) is 0 Å². The minimum absolute atomic E-state index is 0.0320. The third kappa shape index (κ3) is 5.49. The molecule has 0 spiro atoms. The smallest absolute Gasteiger partial charge is 0.271 e. The normalized spacial score (nSPS) is 10.9. The maximum absolute atomic E-state index is 13.9. The van der Waals surface area contributed by atoms with Gasteiger partial charge in [0, 0.05) is 27.2 Å². The minimum Gasteiger partial charge on any atom is -0.508 e. The van der Waals surface area contributed by atoms with Crippen molar-refractivity contribution in [1.82, 2.24) is 5.43 Å². The molecule has 0 aromatic heterocycles. The molecule has 154 valence electrons. The van der Waals surface area contributed by atoms with Gasteiger partial charge in [-0.1, -0.05) is 33.6 Å². The average molecular weight is 494 g/mol. The monoisotopic (exact) mass is 492 g/mol. The molecule has 0 bridgehead atoms. The molecule has 0 saturated carbocycles. The molecule has 9 heteroatoms. The van der Waals surface area contributed by atoms with E-state index in [0.29, 0.717) is 11.3 Å². The summed E-state index contributed by atoms with van der Waals surface area (Å²) in [6.07, 6.45) is 1.35. The van der Waals surface area contributed by atoms with Crippen LogP contribution in [0, 0.1) is 5.82 Å². The Hall–Kier alpha value is -3.10. The number of phenolic OH excluding ortho intramolecular Hbond substituents is 2. The first-order chi connectivity index (χ1) is 14.3. The van der Waals surface area contributed by atoms with Gasteiger partial charge in [0.25, 0.3) is 5.91 Å². The topological polar surface area (TPSA) is 91.2 Å². The average Bonchev–Trinajstić information content (AvgIpc) is 2.68. The molecule has 0 aliphatic carbocycles. The van der Waals surface area contributed by atoms with E-state index in [4.69, 9.17) is 16.3 Å². The van der Waals surface area contributed by atoms with E-state index < -0.39 is 11.7 Å². The Morgan fingerprint density at radius 1 is 1.17 bits per heavy atom. The Balaban J connectivity index is 1.74. The number of hydrogen-bond acceptors (Lipinski definition) is 5. The van der Waals surface area contributed by atoms with Crippen LogP contribution in [-0.4, -0.2) is 22.3 Å². The summed E-state index contributed by atoms with van der Waals surface area (Å²) in [5.74, 6) is -1.22. The number of carbonyl (C=O) groups is 1. The van der Waals surface area contributed by atoms with E-state index in [-0.39, 0.29) is 34.3 Å². The van der Waals surface area contributed by atoms with Crippen LogP contribution in [0.15, 0.2) is 64.2 Å². The van der Waals surface area contributed by atoms with Crippen molar-refractivity contribution in [2.45, 2.75) is 6.61 Å². The van der Waals surface area contributed by atoms with E-state index >= 15 is 0 Å². The Morgan fingerprint density at radius 3 is 2.60 bits per heavy atom. The molecule has 0 fully saturated rings. The molecule has 0 heterocycles. The van der Waals surface area contributed by atoms with Crippen molar-refractivity contribution in [2.24, 2.45) is 5.10 Å². The van der Waals surface area contributed by atoms with Crippen molar-refractivity contribution in [1.29, 1.82) is 0 Å². The lowest BCUT2D eigenvalue weighted by molar-refractivity contribution is 0.0954. The van der Waals surface area contributed by atoms with Crippen molar-refractivity contribution in [3.05, 3.63) is 86.6 Å². The van der Waals surface area contributed by atoms with E-state index in [2.05, 4.69) is 26.5 Å². The molecule has 0 saturated heterocycles. The van der Waals surface area contributed by atoms with Gasteiger partial charge >= 0.3 is 0 Å². The summed E-state index contributed by atoms with van der Waals surface area (Å²) in [6.45, 7) is -0.0943.